The minimum Gasteiger partial charge on any atom is -0.299 e. The highest BCUT2D eigenvalue weighted by atomic mass is 16.1. The van der Waals surface area contributed by atoms with E-state index in [1.807, 2.05) is 13.0 Å². The smallest absolute Gasteiger partial charge is 0.136 e. The number of carbonyl (C=O) groups excluding carboxylic acids is 1. The molecule has 0 amide bonds. The molecule has 0 N–H and O–H groups in total. The second-order valence-electron chi connectivity index (χ2n) is 4.43. The zero-order valence-corrected chi connectivity index (χ0v) is 9.89. The van der Waals surface area contributed by atoms with E-state index >= 15 is 0 Å². The fraction of sp³-hybridized carbons (Fsp3) is 0.615. The highest BCUT2D eigenvalue weighted by Crippen LogP contribution is 2.29. The predicted octanol–water partition coefficient (Wildman–Crippen LogP) is 3.90. The van der Waals surface area contributed by atoms with Crippen LogP contribution in [0.15, 0.2) is 24.3 Å². The largest absolute Gasteiger partial charge is 0.299 e. The Morgan fingerprint density at radius 1 is 1.36 bits per heavy atom. The molecule has 0 radical (unpaired) electrons. The molecule has 0 aliphatic heterocycles. The summed E-state index contributed by atoms with van der Waals surface area (Å²) in [6, 6.07) is 0. The van der Waals surface area contributed by atoms with Gasteiger partial charge < -0.3 is 0 Å². The Balaban J connectivity index is 4.30. The zero-order valence-electron chi connectivity index (χ0n) is 9.89. The lowest BCUT2D eigenvalue weighted by molar-refractivity contribution is -0.125. The van der Waals surface area contributed by atoms with Crippen LogP contribution in [-0.2, 0) is 4.79 Å². The van der Waals surface area contributed by atoms with E-state index in [9.17, 15) is 4.79 Å². The second-order valence-corrected chi connectivity index (χ2v) is 4.43. The molecule has 0 heterocycles. The third-order valence-electron chi connectivity index (χ3n) is 2.69. The summed E-state index contributed by atoms with van der Waals surface area (Å²) in [6.45, 7) is 11.6. The molecule has 1 heteroatoms. The van der Waals surface area contributed by atoms with Crippen molar-refractivity contribution in [2.24, 2.45) is 5.41 Å². The average molecular weight is 194 g/mol. The monoisotopic (exact) mass is 194 g/mol. The van der Waals surface area contributed by atoms with Gasteiger partial charge in [0.2, 0.25) is 0 Å². The molecule has 0 saturated heterocycles. The summed E-state index contributed by atoms with van der Waals surface area (Å²) in [5, 5.41) is 0. The molecule has 0 spiro atoms. The van der Waals surface area contributed by atoms with Gasteiger partial charge in [-0.25, -0.2) is 0 Å². The molecule has 0 fully saturated rings. The summed E-state index contributed by atoms with van der Waals surface area (Å²) < 4.78 is 0. The van der Waals surface area contributed by atoms with Crippen LogP contribution in [0.3, 0.4) is 0 Å². The van der Waals surface area contributed by atoms with E-state index in [0.29, 0.717) is 0 Å². The molecule has 0 aromatic rings. The van der Waals surface area contributed by atoms with Gasteiger partial charge >= 0.3 is 0 Å². The van der Waals surface area contributed by atoms with E-state index < -0.39 is 0 Å². The molecule has 14 heavy (non-hydrogen) atoms. The summed E-state index contributed by atoms with van der Waals surface area (Å²) >= 11 is 0. The molecule has 0 rings (SSSR count). The van der Waals surface area contributed by atoms with E-state index in [0.717, 1.165) is 19.3 Å². The number of Topliss-reactive ketones (excluding diaryl/α,β-unsaturated/α-hetero) is 1. The van der Waals surface area contributed by atoms with Gasteiger partial charge in [0.25, 0.3) is 0 Å². The van der Waals surface area contributed by atoms with Gasteiger partial charge in [0, 0.05) is 5.41 Å². The van der Waals surface area contributed by atoms with Crippen molar-refractivity contribution in [3.63, 3.8) is 0 Å². The normalized spacial score (nSPS) is 14.3. The maximum Gasteiger partial charge on any atom is 0.136 e. The van der Waals surface area contributed by atoms with Crippen molar-refractivity contribution in [1.82, 2.24) is 0 Å². The molecule has 0 aliphatic carbocycles. The van der Waals surface area contributed by atoms with E-state index in [4.69, 9.17) is 0 Å². The maximum atomic E-state index is 11.5. The van der Waals surface area contributed by atoms with Gasteiger partial charge in [-0.2, -0.15) is 0 Å². The molecule has 1 nitrogen and oxygen atoms in total. The van der Waals surface area contributed by atoms with Gasteiger partial charge in [-0.05, 0) is 40.0 Å². The minimum atomic E-state index is -0.215. The number of hydrogen-bond donors (Lipinski definition) is 0. The average Bonchev–Trinajstić information content (AvgIpc) is 2.03. The number of ketones is 1. The standard InChI is InChI=1S/C13H22O/c1-6-9-13(5,12(4)14)10-7-8-11(2)3/h6,8H,1,7,9-10H2,2-5H3/t13-/m0/s1. The Labute approximate surface area is 87.9 Å². The van der Waals surface area contributed by atoms with Crippen LogP contribution in [-0.4, -0.2) is 5.78 Å². The van der Waals surface area contributed by atoms with Crippen LogP contribution in [0.25, 0.3) is 0 Å². The van der Waals surface area contributed by atoms with Crippen molar-refractivity contribution in [3.8, 4) is 0 Å². The van der Waals surface area contributed by atoms with Crippen molar-refractivity contribution in [2.45, 2.75) is 47.0 Å². The van der Waals surface area contributed by atoms with Crippen LogP contribution in [0.1, 0.15) is 47.0 Å². The van der Waals surface area contributed by atoms with E-state index in [2.05, 4.69) is 26.5 Å². The molecule has 80 valence electrons. The van der Waals surface area contributed by atoms with E-state index in [1.165, 1.54) is 5.57 Å². The lowest BCUT2D eigenvalue weighted by atomic mass is 9.78. The Morgan fingerprint density at radius 3 is 2.29 bits per heavy atom. The zero-order chi connectivity index (χ0) is 11.2. The first kappa shape index (κ1) is 13.2. The van der Waals surface area contributed by atoms with Crippen molar-refractivity contribution in [3.05, 3.63) is 24.3 Å². The molecule has 0 saturated carbocycles. The van der Waals surface area contributed by atoms with Crippen LogP contribution in [0.4, 0.5) is 0 Å². The van der Waals surface area contributed by atoms with Crippen LogP contribution in [0.2, 0.25) is 0 Å². The number of rotatable bonds is 6. The molecule has 0 aromatic carbocycles. The SMILES string of the molecule is C=CC[C@@](C)(CCC=C(C)C)C(C)=O. The predicted molar refractivity (Wildman–Crippen MR) is 62.3 cm³/mol. The van der Waals surface area contributed by atoms with Crippen LogP contribution in [0.5, 0.6) is 0 Å². The van der Waals surface area contributed by atoms with Crippen molar-refractivity contribution in [1.29, 1.82) is 0 Å². The fourth-order valence-corrected chi connectivity index (χ4v) is 1.42. The minimum absolute atomic E-state index is 0.215. The molecule has 0 bridgehead atoms. The van der Waals surface area contributed by atoms with Crippen LogP contribution in [0, 0.1) is 5.41 Å². The second kappa shape index (κ2) is 5.79. The highest BCUT2D eigenvalue weighted by Gasteiger charge is 2.27. The third kappa shape index (κ3) is 4.40. The Morgan fingerprint density at radius 2 is 1.93 bits per heavy atom. The van der Waals surface area contributed by atoms with Gasteiger partial charge in [-0.3, -0.25) is 4.79 Å². The van der Waals surface area contributed by atoms with Gasteiger partial charge in [-0.15, -0.1) is 6.58 Å². The highest BCUT2D eigenvalue weighted by molar-refractivity contribution is 5.82. The molecule has 0 aliphatic rings. The van der Waals surface area contributed by atoms with Crippen LogP contribution < -0.4 is 0 Å². The van der Waals surface area contributed by atoms with Gasteiger partial charge in [-0.1, -0.05) is 24.6 Å². The van der Waals surface area contributed by atoms with Crippen molar-refractivity contribution < 1.29 is 4.79 Å². The quantitative estimate of drug-likeness (QED) is 0.586. The molecular formula is C13H22O. The van der Waals surface area contributed by atoms with E-state index in [-0.39, 0.29) is 11.2 Å². The lowest BCUT2D eigenvalue weighted by Crippen LogP contribution is -2.24. The van der Waals surface area contributed by atoms with Crippen LogP contribution >= 0.6 is 0 Å². The third-order valence-corrected chi connectivity index (χ3v) is 2.69. The first-order chi connectivity index (χ1) is 6.42. The molecular weight excluding hydrogens is 172 g/mol. The summed E-state index contributed by atoms with van der Waals surface area (Å²) in [5.41, 5.74) is 1.10. The number of carbonyl (C=O) groups is 1. The first-order valence-electron chi connectivity index (χ1n) is 5.17. The fourth-order valence-electron chi connectivity index (χ4n) is 1.42. The maximum absolute atomic E-state index is 11.5. The lowest BCUT2D eigenvalue weighted by Gasteiger charge is -2.24. The van der Waals surface area contributed by atoms with E-state index in [1.54, 1.807) is 6.92 Å². The Kier molecular flexibility index (Phi) is 5.44. The number of allylic oxidation sites excluding steroid dienone is 3. The van der Waals surface area contributed by atoms with Gasteiger partial charge in [0.05, 0.1) is 0 Å². The van der Waals surface area contributed by atoms with Gasteiger partial charge in [0.1, 0.15) is 5.78 Å². The van der Waals surface area contributed by atoms with Crippen molar-refractivity contribution in [2.75, 3.05) is 0 Å². The number of hydrogen-bond acceptors (Lipinski definition) is 1. The summed E-state index contributed by atoms with van der Waals surface area (Å²) in [7, 11) is 0. The molecule has 0 aromatic heterocycles. The van der Waals surface area contributed by atoms with Crippen molar-refractivity contribution >= 4 is 5.78 Å². The Hall–Kier alpha value is -0.850. The molecule has 1 atom stereocenters. The first-order valence-corrected chi connectivity index (χ1v) is 5.17. The Bertz CT molecular complexity index is 234. The summed E-state index contributed by atoms with van der Waals surface area (Å²) in [5.74, 6) is 0.263. The molecule has 0 unspecified atom stereocenters. The topological polar surface area (TPSA) is 17.1 Å². The summed E-state index contributed by atoms with van der Waals surface area (Å²) in [6.07, 6.45) is 6.69. The van der Waals surface area contributed by atoms with Gasteiger partial charge in [0.15, 0.2) is 0 Å². The summed E-state index contributed by atoms with van der Waals surface area (Å²) in [4.78, 5) is 11.5.